The quantitative estimate of drug-likeness (QED) is 0.515. The Hall–Kier alpha value is -1.01. The summed E-state index contributed by atoms with van der Waals surface area (Å²) in [5.74, 6) is 1.20. The van der Waals surface area contributed by atoms with Gasteiger partial charge in [-0.3, -0.25) is 4.79 Å². The van der Waals surface area contributed by atoms with Crippen LogP contribution in [0, 0.1) is 0 Å². The van der Waals surface area contributed by atoms with Crippen LogP contribution < -0.4 is 10.2 Å². The molecule has 0 aromatic heterocycles. The lowest BCUT2D eigenvalue weighted by atomic mass is 9.79. The van der Waals surface area contributed by atoms with Gasteiger partial charge in [0.25, 0.3) is 0 Å². The lowest BCUT2D eigenvalue weighted by Gasteiger charge is -2.50. The fourth-order valence-corrected chi connectivity index (χ4v) is 4.97. The molecule has 1 aliphatic rings. The molecule has 1 amide bonds. The molecule has 1 fully saturated rings. The Morgan fingerprint density at radius 1 is 1.07 bits per heavy atom. The number of halogens is 2. The average Bonchev–Trinajstić information content (AvgIpc) is 2.66. The van der Waals surface area contributed by atoms with E-state index in [2.05, 4.69) is 34.5 Å². The molecule has 1 aromatic carbocycles. The van der Waals surface area contributed by atoms with Gasteiger partial charge in [0, 0.05) is 54.1 Å². The van der Waals surface area contributed by atoms with Crippen molar-refractivity contribution in [2.24, 2.45) is 0 Å². The first-order valence-electron chi connectivity index (χ1n) is 10.8. The molecule has 1 saturated heterocycles. The molecule has 1 aromatic rings. The number of carbonyl (C=O) groups excluding carboxylic acids is 1. The molecule has 0 aliphatic carbocycles. The Labute approximate surface area is 191 Å². The molecule has 1 heterocycles. The molecular weight excluding hydrogens is 421 g/mol. The fourth-order valence-electron chi connectivity index (χ4n) is 4.57. The summed E-state index contributed by atoms with van der Waals surface area (Å²) in [5.41, 5.74) is 1.39. The maximum atomic E-state index is 12.5. The summed E-state index contributed by atoms with van der Waals surface area (Å²) in [6, 6.07) is 8.45. The molecule has 5 nitrogen and oxygen atoms in total. The minimum absolute atomic E-state index is 0.0434. The van der Waals surface area contributed by atoms with E-state index in [4.69, 9.17) is 23.2 Å². The predicted octanol–water partition coefficient (Wildman–Crippen LogP) is 4.78. The molecule has 1 N–H and O–H groups in total. The molecule has 30 heavy (non-hydrogen) atoms. The number of aryl methyl sites for hydroxylation is 1. The molecule has 1 radical (unpaired) electrons. The highest BCUT2D eigenvalue weighted by atomic mass is 35.5. The van der Waals surface area contributed by atoms with Crippen LogP contribution in [0.25, 0.3) is 0 Å². The van der Waals surface area contributed by atoms with Crippen molar-refractivity contribution < 1.29 is 10.0 Å². The van der Waals surface area contributed by atoms with Gasteiger partial charge in [0.15, 0.2) is 0 Å². The van der Waals surface area contributed by atoms with Crippen LogP contribution in [0.2, 0.25) is 0 Å². The standard InChI is InChI=1S/C23H36Cl2N3O2/c1-22(2)16-19(17-23(3,4)28(22)30)26-21(29)7-5-6-18-8-10-20(11-9-18)27(14-12-24)15-13-25/h8-11,19H,5-7,12-17H2,1-4H3,(H,26,29). The van der Waals surface area contributed by atoms with Crippen molar-refractivity contribution in [3.05, 3.63) is 29.8 Å². The smallest absolute Gasteiger partial charge is 0.220 e. The Morgan fingerprint density at radius 2 is 1.60 bits per heavy atom. The highest BCUT2D eigenvalue weighted by Crippen LogP contribution is 2.37. The lowest BCUT2D eigenvalue weighted by molar-refractivity contribution is -0.290. The summed E-state index contributed by atoms with van der Waals surface area (Å²) < 4.78 is 0. The second-order valence-electron chi connectivity index (χ2n) is 9.48. The number of rotatable bonds is 10. The molecular formula is C23H36Cl2N3O2. The van der Waals surface area contributed by atoms with E-state index in [0.717, 1.165) is 31.6 Å². The first kappa shape index (κ1) is 25.3. The fraction of sp³-hybridized carbons (Fsp3) is 0.696. The minimum Gasteiger partial charge on any atom is -0.369 e. The normalized spacial score (nSPS) is 18.9. The maximum absolute atomic E-state index is 12.5. The van der Waals surface area contributed by atoms with Crippen LogP contribution in [0.1, 0.15) is 58.9 Å². The third-order valence-corrected chi connectivity index (χ3v) is 6.17. The number of hydroxylamine groups is 2. The number of piperidine rings is 1. The number of nitrogens with one attached hydrogen (secondary N) is 1. The van der Waals surface area contributed by atoms with Gasteiger partial charge < -0.3 is 10.2 Å². The second kappa shape index (κ2) is 11.0. The van der Waals surface area contributed by atoms with Gasteiger partial charge in [-0.25, -0.2) is 0 Å². The van der Waals surface area contributed by atoms with Crippen molar-refractivity contribution in [1.82, 2.24) is 10.4 Å². The summed E-state index contributed by atoms with van der Waals surface area (Å²) in [5, 5.41) is 16.8. The largest absolute Gasteiger partial charge is 0.369 e. The number of amides is 1. The molecule has 0 atom stereocenters. The number of hydrogen-bond donors (Lipinski definition) is 1. The van der Waals surface area contributed by atoms with Crippen LogP contribution in [0.3, 0.4) is 0 Å². The third kappa shape index (κ3) is 7.01. The zero-order chi connectivity index (χ0) is 22.4. The van der Waals surface area contributed by atoms with E-state index in [-0.39, 0.29) is 11.9 Å². The molecule has 0 unspecified atom stereocenters. The molecule has 1 aliphatic heterocycles. The molecule has 7 heteroatoms. The van der Waals surface area contributed by atoms with Gasteiger partial charge in [0.1, 0.15) is 0 Å². The zero-order valence-corrected chi connectivity index (χ0v) is 20.2. The average molecular weight is 457 g/mol. The minimum atomic E-state index is -0.470. The van der Waals surface area contributed by atoms with Crippen molar-refractivity contribution in [3.63, 3.8) is 0 Å². The van der Waals surface area contributed by atoms with Crippen molar-refractivity contribution in [2.75, 3.05) is 29.7 Å². The monoisotopic (exact) mass is 456 g/mol. The van der Waals surface area contributed by atoms with Crippen LogP contribution in [-0.4, -0.2) is 52.9 Å². The van der Waals surface area contributed by atoms with Gasteiger partial charge in [-0.1, -0.05) is 12.1 Å². The molecule has 0 saturated carbocycles. The first-order chi connectivity index (χ1) is 14.1. The molecule has 0 spiro atoms. The van der Waals surface area contributed by atoms with Crippen molar-refractivity contribution in [1.29, 1.82) is 0 Å². The highest BCUT2D eigenvalue weighted by Gasteiger charge is 2.46. The summed E-state index contributed by atoms with van der Waals surface area (Å²) in [4.78, 5) is 14.6. The Balaban J connectivity index is 1.80. The van der Waals surface area contributed by atoms with E-state index in [1.165, 1.54) is 10.6 Å². The van der Waals surface area contributed by atoms with Gasteiger partial charge in [-0.15, -0.1) is 33.5 Å². The van der Waals surface area contributed by atoms with Crippen LogP contribution in [0.15, 0.2) is 24.3 Å². The van der Waals surface area contributed by atoms with Crippen molar-refractivity contribution in [3.8, 4) is 0 Å². The van der Waals surface area contributed by atoms with Crippen LogP contribution in [0.4, 0.5) is 5.69 Å². The van der Waals surface area contributed by atoms with Gasteiger partial charge in [0.2, 0.25) is 5.91 Å². The topological polar surface area (TPSA) is 55.5 Å². The van der Waals surface area contributed by atoms with Gasteiger partial charge in [-0.2, -0.15) is 0 Å². The van der Waals surface area contributed by atoms with Crippen molar-refractivity contribution in [2.45, 2.75) is 76.9 Å². The number of benzene rings is 1. The van der Waals surface area contributed by atoms with Gasteiger partial charge in [0.05, 0.1) is 0 Å². The SMILES string of the molecule is CC1(C)CC(NC(=O)CCCc2ccc(N(CCCl)CCCl)cc2)CC(C)(C)N1[O]. The maximum Gasteiger partial charge on any atom is 0.220 e. The van der Waals surface area contributed by atoms with Crippen molar-refractivity contribution >= 4 is 34.8 Å². The van der Waals surface area contributed by atoms with E-state index in [1.54, 1.807) is 0 Å². The summed E-state index contributed by atoms with van der Waals surface area (Å²) in [7, 11) is 0. The van der Waals surface area contributed by atoms with E-state index >= 15 is 0 Å². The van der Waals surface area contributed by atoms with Gasteiger partial charge >= 0.3 is 0 Å². The lowest BCUT2D eigenvalue weighted by Crippen LogP contribution is -2.62. The van der Waals surface area contributed by atoms with E-state index in [0.29, 0.717) is 31.0 Å². The van der Waals surface area contributed by atoms with E-state index < -0.39 is 11.1 Å². The number of anilines is 1. The Bertz CT molecular complexity index is 656. The highest BCUT2D eigenvalue weighted by molar-refractivity contribution is 6.18. The third-order valence-electron chi connectivity index (χ3n) is 5.84. The first-order valence-corrected chi connectivity index (χ1v) is 11.9. The Kier molecular flexibility index (Phi) is 9.29. The zero-order valence-electron chi connectivity index (χ0n) is 18.7. The number of carbonyl (C=O) groups is 1. The molecule has 0 bridgehead atoms. The Morgan fingerprint density at radius 3 is 2.10 bits per heavy atom. The van der Waals surface area contributed by atoms with Crippen LogP contribution in [-0.2, 0) is 16.4 Å². The number of alkyl halides is 2. The molecule has 169 valence electrons. The van der Waals surface area contributed by atoms with Crippen LogP contribution >= 0.6 is 23.2 Å². The number of nitrogens with zero attached hydrogens (tertiary/aromatic N) is 2. The summed E-state index contributed by atoms with van der Waals surface area (Å²) in [6.07, 6.45) is 3.49. The van der Waals surface area contributed by atoms with Crippen LogP contribution in [0.5, 0.6) is 0 Å². The van der Waals surface area contributed by atoms with E-state index in [1.807, 2.05) is 27.7 Å². The molecule has 2 rings (SSSR count). The van der Waals surface area contributed by atoms with Gasteiger partial charge in [-0.05, 0) is 71.1 Å². The summed E-state index contributed by atoms with van der Waals surface area (Å²) >= 11 is 11.8. The second-order valence-corrected chi connectivity index (χ2v) is 10.2. The number of hydrogen-bond acceptors (Lipinski definition) is 3. The predicted molar refractivity (Wildman–Crippen MR) is 125 cm³/mol. The summed E-state index contributed by atoms with van der Waals surface area (Å²) in [6.45, 7) is 9.34. The van der Waals surface area contributed by atoms with E-state index in [9.17, 15) is 10.0 Å².